The summed E-state index contributed by atoms with van der Waals surface area (Å²) in [6.45, 7) is 3.18. The number of aromatic nitrogens is 6. The van der Waals surface area contributed by atoms with Crippen LogP contribution in [-0.2, 0) is 45.3 Å². The summed E-state index contributed by atoms with van der Waals surface area (Å²) in [7, 11) is 5.08. The molecule has 0 saturated carbocycles. The van der Waals surface area contributed by atoms with Gasteiger partial charge in [-0.25, -0.2) is 19.0 Å². The van der Waals surface area contributed by atoms with Crippen LogP contribution in [0.25, 0.3) is 0 Å². The number of aromatic hydroxyl groups is 2. The van der Waals surface area contributed by atoms with Gasteiger partial charge in [0.15, 0.2) is 0 Å². The first-order valence-electron chi connectivity index (χ1n) is 11.9. The molecule has 0 aromatic carbocycles. The van der Waals surface area contributed by atoms with Crippen LogP contribution in [0.4, 0.5) is 23.0 Å². The van der Waals surface area contributed by atoms with Gasteiger partial charge in [-0.15, -0.1) is 0 Å². The maximum Gasteiger partial charge on any atom is 0.353 e. The SMILES string of the molecule is Cc1cccc(N=Nc2c(O)n(C)c(=O)n(C)c2=O)[n+]1[O-].Cc1cccc(N=Nc2c(O)n(C)c(=O)n(C)c2=O)[n+]1[O-].[Cu]. The van der Waals surface area contributed by atoms with Crippen molar-refractivity contribution in [3.05, 3.63) is 99.9 Å². The largest absolute Gasteiger partial charge is 0.710 e. The minimum atomic E-state index is -0.801. The van der Waals surface area contributed by atoms with E-state index in [0.29, 0.717) is 20.8 Å². The third-order valence-corrected chi connectivity index (χ3v) is 5.95. The first-order chi connectivity index (χ1) is 19.7. The van der Waals surface area contributed by atoms with Crippen LogP contribution < -0.4 is 32.0 Å². The molecule has 18 nitrogen and oxygen atoms in total. The van der Waals surface area contributed by atoms with E-state index in [1.54, 1.807) is 38.1 Å². The third kappa shape index (κ3) is 6.74. The van der Waals surface area contributed by atoms with Crippen molar-refractivity contribution in [3.63, 3.8) is 0 Å². The van der Waals surface area contributed by atoms with Crippen molar-refractivity contribution in [1.82, 2.24) is 18.3 Å². The molecular weight excluding hydrogens is 620 g/mol. The summed E-state index contributed by atoms with van der Waals surface area (Å²) >= 11 is 0. The Bertz CT molecular complexity index is 1850. The molecule has 0 unspecified atom stereocenters. The molecule has 0 saturated heterocycles. The Kier molecular flexibility index (Phi) is 10.6. The predicted octanol–water partition coefficient (Wildman–Crippen LogP) is 0.291. The zero-order valence-electron chi connectivity index (χ0n) is 23.6. The van der Waals surface area contributed by atoms with Gasteiger partial charge in [-0.05, 0) is 48.3 Å². The molecule has 2 N–H and O–H groups in total. The molecule has 0 amide bonds. The third-order valence-electron chi connectivity index (χ3n) is 5.95. The number of nitrogens with zero attached hydrogens (tertiary/aromatic N) is 10. The molecule has 0 aliphatic rings. The Balaban J connectivity index is 0.000000293. The van der Waals surface area contributed by atoms with Crippen LogP contribution in [0, 0.1) is 24.3 Å². The summed E-state index contributed by atoms with van der Waals surface area (Å²) in [6.07, 6.45) is 0. The van der Waals surface area contributed by atoms with E-state index in [4.69, 9.17) is 0 Å². The van der Waals surface area contributed by atoms with Gasteiger partial charge in [0, 0.05) is 57.4 Å². The van der Waals surface area contributed by atoms with Crippen molar-refractivity contribution < 1.29 is 36.7 Å². The summed E-state index contributed by atoms with van der Waals surface area (Å²) < 4.78 is 4.36. The molecule has 0 aliphatic carbocycles. The molecule has 4 heterocycles. The Morgan fingerprint density at radius 3 is 1.26 bits per heavy atom. The minimum Gasteiger partial charge on any atom is -0.710 e. The zero-order chi connectivity index (χ0) is 31.5. The molecule has 43 heavy (non-hydrogen) atoms. The van der Waals surface area contributed by atoms with Crippen molar-refractivity contribution in [2.24, 2.45) is 48.6 Å². The fraction of sp³-hybridized carbons (Fsp3) is 0.250. The van der Waals surface area contributed by atoms with Crippen LogP contribution in [0.15, 0.2) is 76.0 Å². The second-order valence-electron chi connectivity index (χ2n) is 8.80. The second-order valence-corrected chi connectivity index (χ2v) is 8.80. The molecule has 4 rings (SSSR count). The Hall–Kier alpha value is -5.42. The number of aryl methyl sites for hydroxylation is 2. The molecule has 0 fully saturated rings. The smallest absolute Gasteiger partial charge is 0.353 e. The van der Waals surface area contributed by atoms with Gasteiger partial charge in [0.2, 0.25) is 23.1 Å². The quantitative estimate of drug-likeness (QED) is 0.135. The zero-order valence-corrected chi connectivity index (χ0v) is 24.5. The molecule has 0 spiro atoms. The fourth-order valence-corrected chi connectivity index (χ4v) is 3.34. The maximum absolute atomic E-state index is 11.9. The summed E-state index contributed by atoms with van der Waals surface area (Å²) in [5, 5.41) is 57.5. The van der Waals surface area contributed by atoms with Crippen LogP contribution in [-0.4, -0.2) is 28.5 Å². The molecule has 19 heteroatoms. The monoisotopic (exact) mass is 645 g/mol. The second kappa shape index (κ2) is 13.5. The fourth-order valence-electron chi connectivity index (χ4n) is 3.34. The summed E-state index contributed by atoms with van der Waals surface area (Å²) in [6, 6.07) is 9.22. The van der Waals surface area contributed by atoms with E-state index >= 15 is 0 Å². The average molecular weight is 646 g/mol. The van der Waals surface area contributed by atoms with E-state index in [0.717, 1.165) is 18.3 Å². The number of rotatable bonds is 4. The van der Waals surface area contributed by atoms with Crippen LogP contribution in [0.3, 0.4) is 0 Å². The molecule has 4 aromatic rings. The summed E-state index contributed by atoms with van der Waals surface area (Å²) in [4.78, 5) is 46.9. The summed E-state index contributed by atoms with van der Waals surface area (Å²) in [5.74, 6) is -1.30. The average Bonchev–Trinajstić information content (AvgIpc) is 2.97. The van der Waals surface area contributed by atoms with Crippen LogP contribution in [0.1, 0.15) is 11.4 Å². The first kappa shape index (κ1) is 33.8. The topological polar surface area (TPSA) is 232 Å². The normalized spacial score (nSPS) is 10.9. The Morgan fingerprint density at radius 1 is 0.605 bits per heavy atom. The van der Waals surface area contributed by atoms with Crippen molar-refractivity contribution in [1.29, 1.82) is 0 Å². The van der Waals surface area contributed by atoms with Gasteiger partial charge in [-0.1, -0.05) is 0 Å². The van der Waals surface area contributed by atoms with Crippen molar-refractivity contribution in [2.75, 3.05) is 0 Å². The van der Waals surface area contributed by atoms with Gasteiger partial charge < -0.3 is 20.6 Å². The van der Waals surface area contributed by atoms with Gasteiger partial charge in [0.25, 0.3) is 11.1 Å². The number of azo groups is 2. The Morgan fingerprint density at radius 2 is 0.930 bits per heavy atom. The van der Waals surface area contributed by atoms with E-state index in [1.807, 2.05) is 0 Å². The number of hydrogen-bond donors (Lipinski definition) is 2. The van der Waals surface area contributed by atoms with Gasteiger partial charge in [0.1, 0.15) is 11.4 Å². The van der Waals surface area contributed by atoms with E-state index < -0.39 is 45.6 Å². The molecule has 0 bridgehead atoms. The predicted molar refractivity (Wildman–Crippen MR) is 146 cm³/mol. The van der Waals surface area contributed by atoms with Crippen LogP contribution >= 0.6 is 0 Å². The van der Waals surface area contributed by atoms with Gasteiger partial charge in [-0.3, -0.25) is 27.9 Å². The number of pyridine rings is 2. The van der Waals surface area contributed by atoms with Crippen molar-refractivity contribution >= 4 is 23.0 Å². The van der Waals surface area contributed by atoms with Gasteiger partial charge in [-0.2, -0.15) is 0 Å². The molecular formula is C24H26CuN10O8. The van der Waals surface area contributed by atoms with Crippen molar-refractivity contribution in [2.45, 2.75) is 13.8 Å². The molecule has 0 atom stereocenters. The molecule has 231 valence electrons. The molecule has 1 radical (unpaired) electrons. The first-order valence-corrected chi connectivity index (χ1v) is 11.9. The van der Waals surface area contributed by atoms with Crippen LogP contribution in [0.2, 0.25) is 0 Å². The van der Waals surface area contributed by atoms with E-state index in [-0.39, 0.29) is 28.7 Å². The van der Waals surface area contributed by atoms with Crippen LogP contribution in [0.5, 0.6) is 11.8 Å². The van der Waals surface area contributed by atoms with Gasteiger partial charge >= 0.3 is 23.0 Å². The molecule has 4 aromatic heterocycles. The standard InChI is InChI=1S/2C12H13N5O4.Cu/c2*1-7-5-4-6-8(17(7)21)13-14-9-10(18)15(2)12(20)16(3)11(9)19;/h2*4-6,18H,1-3H3;. The minimum absolute atomic E-state index is 0. The molecule has 0 aliphatic heterocycles. The van der Waals surface area contributed by atoms with Gasteiger partial charge in [0.05, 0.1) is 10.2 Å². The van der Waals surface area contributed by atoms with E-state index in [2.05, 4.69) is 20.5 Å². The van der Waals surface area contributed by atoms with Crippen molar-refractivity contribution in [3.8, 4) is 11.8 Å². The van der Waals surface area contributed by atoms with E-state index in [1.165, 1.54) is 40.3 Å². The number of hydrogen-bond acceptors (Lipinski definition) is 12. The maximum atomic E-state index is 11.9. The Labute approximate surface area is 252 Å². The summed E-state index contributed by atoms with van der Waals surface area (Å²) in [5.41, 5.74) is -3.00. The van der Waals surface area contributed by atoms with E-state index in [9.17, 15) is 39.8 Å².